The summed E-state index contributed by atoms with van der Waals surface area (Å²) >= 11 is 0. The van der Waals surface area contributed by atoms with Gasteiger partial charge in [0, 0.05) is 18.8 Å². The fourth-order valence-electron chi connectivity index (χ4n) is 3.37. The first kappa shape index (κ1) is 21.4. The zero-order valence-corrected chi connectivity index (χ0v) is 17.3. The zero-order valence-electron chi connectivity index (χ0n) is 17.3. The molecule has 0 saturated carbocycles. The molecular weight excluding hydrogens is 376 g/mol. The molecule has 0 fully saturated rings. The van der Waals surface area contributed by atoms with Crippen LogP contribution < -0.4 is 11.1 Å². The third-order valence-corrected chi connectivity index (χ3v) is 5.00. The van der Waals surface area contributed by atoms with Gasteiger partial charge in [0.15, 0.2) is 5.95 Å². The Bertz CT molecular complexity index is 894. The molecular formula is C24H30N4O2. The second-order valence-corrected chi connectivity index (χ2v) is 7.29. The van der Waals surface area contributed by atoms with Gasteiger partial charge in [0.25, 0.3) is 0 Å². The lowest BCUT2D eigenvalue weighted by molar-refractivity contribution is 0.139. The summed E-state index contributed by atoms with van der Waals surface area (Å²) in [7, 11) is 0. The number of anilines is 1. The summed E-state index contributed by atoms with van der Waals surface area (Å²) in [6.07, 6.45) is 6.22. The minimum Gasteiger partial charge on any atom is -0.445 e. The number of benzene rings is 2. The third kappa shape index (κ3) is 6.95. The van der Waals surface area contributed by atoms with Crippen LogP contribution in [0.3, 0.4) is 0 Å². The molecule has 0 bridgehead atoms. The maximum Gasteiger partial charge on any atom is 0.407 e. The molecule has 0 atom stereocenters. The van der Waals surface area contributed by atoms with Gasteiger partial charge in [-0.1, -0.05) is 60.7 Å². The number of nitrogens with one attached hydrogen (secondary N) is 1. The summed E-state index contributed by atoms with van der Waals surface area (Å²) in [6.45, 7) is 1.74. The first-order chi connectivity index (χ1) is 14.7. The van der Waals surface area contributed by atoms with Crippen molar-refractivity contribution in [2.45, 2.75) is 45.3 Å². The normalized spacial score (nSPS) is 10.7. The van der Waals surface area contributed by atoms with Gasteiger partial charge in [-0.05, 0) is 43.2 Å². The van der Waals surface area contributed by atoms with Gasteiger partial charge in [-0.15, -0.1) is 0 Å². The minimum atomic E-state index is -0.381. The second kappa shape index (κ2) is 11.7. The number of nitrogens with zero attached hydrogens (tertiary/aromatic N) is 2. The lowest BCUT2D eigenvalue weighted by Crippen LogP contribution is -2.25. The van der Waals surface area contributed by atoms with Gasteiger partial charge in [0.2, 0.25) is 0 Å². The number of alkyl carbamates (subject to hydrolysis) is 1. The van der Waals surface area contributed by atoms with E-state index in [9.17, 15) is 4.79 Å². The van der Waals surface area contributed by atoms with Gasteiger partial charge in [0.1, 0.15) is 6.61 Å². The molecule has 0 unspecified atom stereocenters. The average molecular weight is 407 g/mol. The molecule has 0 aliphatic heterocycles. The van der Waals surface area contributed by atoms with Crippen molar-refractivity contribution < 1.29 is 9.53 Å². The Labute approximate surface area is 178 Å². The highest BCUT2D eigenvalue weighted by Gasteiger charge is 2.08. The summed E-state index contributed by atoms with van der Waals surface area (Å²) in [6, 6.07) is 20.1. The van der Waals surface area contributed by atoms with Gasteiger partial charge >= 0.3 is 6.09 Å². The van der Waals surface area contributed by atoms with Crippen molar-refractivity contribution in [2.75, 3.05) is 12.3 Å². The van der Waals surface area contributed by atoms with Crippen LogP contribution in [0.15, 0.2) is 66.9 Å². The van der Waals surface area contributed by atoms with E-state index in [0.29, 0.717) is 12.5 Å². The van der Waals surface area contributed by atoms with Crippen molar-refractivity contribution in [3.05, 3.63) is 83.7 Å². The molecule has 3 aromatic rings. The Kier molecular flexibility index (Phi) is 8.33. The molecule has 158 valence electrons. The lowest BCUT2D eigenvalue weighted by Gasteiger charge is -2.10. The summed E-state index contributed by atoms with van der Waals surface area (Å²) in [5.41, 5.74) is 9.51. The van der Waals surface area contributed by atoms with Crippen molar-refractivity contribution in [1.82, 2.24) is 14.9 Å². The molecule has 3 rings (SSSR count). The molecule has 1 heterocycles. The van der Waals surface area contributed by atoms with E-state index in [2.05, 4.69) is 39.1 Å². The van der Waals surface area contributed by atoms with Crippen molar-refractivity contribution in [3.8, 4) is 0 Å². The lowest BCUT2D eigenvalue weighted by atomic mass is 10.1. The number of ether oxygens (including phenoxy) is 1. The highest BCUT2D eigenvalue weighted by atomic mass is 16.5. The monoisotopic (exact) mass is 406 g/mol. The van der Waals surface area contributed by atoms with Crippen LogP contribution in [0, 0.1) is 0 Å². The fraction of sp³-hybridized carbons (Fsp3) is 0.333. The smallest absolute Gasteiger partial charge is 0.407 e. The number of rotatable bonds is 11. The van der Waals surface area contributed by atoms with E-state index in [0.717, 1.165) is 49.9 Å². The highest BCUT2D eigenvalue weighted by Crippen LogP contribution is 2.13. The van der Waals surface area contributed by atoms with Crippen LogP contribution in [-0.2, 0) is 30.7 Å². The van der Waals surface area contributed by atoms with Gasteiger partial charge in [-0.3, -0.25) is 0 Å². The molecule has 6 heteroatoms. The Morgan fingerprint density at radius 1 is 0.933 bits per heavy atom. The number of hydrogen-bond acceptors (Lipinski definition) is 4. The van der Waals surface area contributed by atoms with Gasteiger partial charge in [-0.25, -0.2) is 9.78 Å². The zero-order chi connectivity index (χ0) is 21.0. The van der Waals surface area contributed by atoms with Crippen molar-refractivity contribution in [2.24, 2.45) is 0 Å². The predicted molar refractivity (Wildman–Crippen MR) is 119 cm³/mol. The summed E-state index contributed by atoms with van der Waals surface area (Å²) in [5, 5.41) is 2.80. The van der Waals surface area contributed by atoms with Crippen molar-refractivity contribution in [3.63, 3.8) is 0 Å². The second-order valence-electron chi connectivity index (χ2n) is 7.29. The largest absolute Gasteiger partial charge is 0.445 e. The van der Waals surface area contributed by atoms with Crippen LogP contribution in [0.25, 0.3) is 0 Å². The van der Waals surface area contributed by atoms with Gasteiger partial charge in [0.05, 0.1) is 6.20 Å². The van der Waals surface area contributed by atoms with Crippen LogP contribution in [0.2, 0.25) is 0 Å². The molecule has 2 aromatic carbocycles. The van der Waals surface area contributed by atoms with E-state index < -0.39 is 0 Å². The average Bonchev–Trinajstić information content (AvgIpc) is 3.13. The molecule has 1 amide bonds. The van der Waals surface area contributed by atoms with Crippen molar-refractivity contribution >= 4 is 12.0 Å². The maximum atomic E-state index is 11.8. The van der Waals surface area contributed by atoms with E-state index in [1.807, 2.05) is 42.6 Å². The number of amides is 1. The van der Waals surface area contributed by atoms with Crippen molar-refractivity contribution in [1.29, 1.82) is 0 Å². The molecule has 0 aliphatic carbocycles. The molecule has 0 aliphatic rings. The molecule has 0 radical (unpaired) electrons. The third-order valence-electron chi connectivity index (χ3n) is 5.00. The van der Waals surface area contributed by atoms with Crippen LogP contribution >= 0.6 is 0 Å². The quantitative estimate of drug-likeness (QED) is 0.464. The van der Waals surface area contributed by atoms with E-state index in [1.54, 1.807) is 0 Å². The van der Waals surface area contributed by atoms with E-state index in [4.69, 9.17) is 10.5 Å². The number of nitrogens with two attached hydrogens (primary N) is 1. The molecule has 0 spiro atoms. The predicted octanol–water partition coefficient (Wildman–Crippen LogP) is 4.35. The van der Waals surface area contributed by atoms with Crippen LogP contribution in [0.5, 0.6) is 0 Å². The van der Waals surface area contributed by atoms with Gasteiger partial charge < -0.3 is 20.4 Å². The Balaban J connectivity index is 1.32. The van der Waals surface area contributed by atoms with E-state index in [1.165, 1.54) is 5.56 Å². The SMILES string of the molecule is Nc1ncc(CCCCNC(=O)OCc2ccccc2)n1CCCc1ccccc1. The molecule has 0 saturated heterocycles. The fourth-order valence-corrected chi connectivity index (χ4v) is 3.37. The Hall–Kier alpha value is -3.28. The number of carbonyl (C=O) groups excluding carboxylic acids is 1. The Morgan fingerprint density at radius 2 is 1.63 bits per heavy atom. The molecule has 1 aromatic heterocycles. The Morgan fingerprint density at radius 3 is 2.37 bits per heavy atom. The topological polar surface area (TPSA) is 82.2 Å². The number of aryl methyl sites for hydroxylation is 2. The highest BCUT2D eigenvalue weighted by molar-refractivity contribution is 5.67. The number of aromatic nitrogens is 2. The van der Waals surface area contributed by atoms with Gasteiger partial charge in [-0.2, -0.15) is 0 Å². The first-order valence-corrected chi connectivity index (χ1v) is 10.5. The van der Waals surface area contributed by atoms with Crippen LogP contribution in [0.4, 0.5) is 10.7 Å². The number of unbranched alkanes of at least 4 members (excludes halogenated alkanes) is 1. The maximum absolute atomic E-state index is 11.8. The van der Waals surface area contributed by atoms with E-state index >= 15 is 0 Å². The van der Waals surface area contributed by atoms with E-state index in [-0.39, 0.29) is 12.7 Å². The summed E-state index contributed by atoms with van der Waals surface area (Å²) in [4.78, 5) is 16.1. The summed E-state index contributed by atoms with van der Waals surface area (Å²) in [5.74, 6) is 0.570. The number of imidazole rings is 1. The summed E-state index contributed by atoms with van der Waals surface area (Å²) < 4.78 is 7.32. The van der Waals surface area contributed by atoms with Crippen LogP contribution in [-0.4, -0.2) is 22.2 Å². The minimum absolute atomic E-state index is 0.286. The number of hydrogen-bond donors (Lipinski definition) is 2. The molecule has 3 N–H and O–H groups in total. The molecule has 30 heavy (non-hydrogen) atoms. The first-order valence-electron chi connectivity index (χ1n) is 10.5. The number of carbonyl (C=O) groups is 1. The van der Waals surface area contributed by atoms with Crippen LogP contribution in [0.1, 0.15) is 36.1 Å². The number of nitrogen functional groups attached to an aromatic ring is 1. The standard InChI is InChI=1S/C24H30N4O2/c25-23-27-18-22(28(23)17-9-14-20-10-3-1-4-11-20)15-7-8-16-26-24(29)30-19-21-12-5-2-6-13-21/h1-6,10-13,18H,7-9,14-17,19H2,(H2,25,27)(H,26,29). The molecule has 6 nitrogen and oxygen atoms in total.